The Labute approximate surface area is 129 Å². The van der Waals surface area contributed by atoms with E-state index in [1.165, 1.54) is 6.20 Å². The Balaban J connectivity index is 0.000001000. The van der Waals surface area contributed by atoms with Crippen LogP contribution >= 0.6 is 24.8 Å². The number of nitrogens with one attached hydrogen (secondary N) is 2. The van der Waals surface area contributed by atoms with Crippen molar-refractivity contribution in [3.8, 4) is 0 Å². The molecule has 0 saturated carbocycles. The topological polar surface area (TPSA) is 66.9 Å². The highest BCUT2D eigenvalue weighted by molar-refractivity contribution is 5.93. The third-order valence-corrected chi connectivity index (χ3v) is 3.10. The molecule has 1 amide bonds. The summed E-state index contributed by atoms with van der Waals surface area (Å²) >= 11 is 0. The number of fused-ring (bicyclic) bond motifs is 1. The summed E-state index contributed by atoms with van der Waals surface area (Å²) < 4.78 is 0. The monoisotopic (exact) mass is 314 g/mol. The molecule has 0 radical (unpaired) electrons. The smallest absolute Gasteiger partial charge is 0.271 e. The normalized spacial score (nSPS) is 13.8. The largest absolute Gasteiger partial charge is 0.350 e. The molecule has 0 bridgehead atoms. The Bertz CT molecular complexity index is 589. The van der Waals surface area contributed by atoms with Gasteiger partial charge in [-0.1, -0.05) is 12.1 Å². The maximum absolute atomic E-state index is 11.9. The molecule has 7 heteroatoms. The van der Waals surface area contributed by atoms with Crippen molar-refractivity contribution in [2.75, 3.05) is 19.6 Å². The van der Waals surface area contributed by atoms with Crippen LogP contribution in [-0.4, -0.2) is 35.5 Å². The van der Waals surface area contributed by atoms with Crippen molar-refractivity contribution in [3.05, 3.63) is 36.2 Å². The van der Waals surface area contributed by atoms with Gasteiger partial charge in [-0.2, -0.15) is 0 Å². The number of nitrogens with zero attached hydrogens (tertiary/aromatic N) is 2. The number of amides is 1. The molecule has 108 valence electrons. The molecule has 2 aromatic rings. The van der Waals surface area contributed by atoms with Crippen molar-refractivity contribution in [2.45, 2.75) is 0 Å². The fourth-order valence-electron chi connectivity index (χ4n) is 1.89. The average molecular weight is 315 g/mol. The predicted octanol–water partition coefficient (Wildman–Crippen LogP) is 1.42. The second-order valence-electron chi connectivity index (χ2n) is 4.48. The minimum absolute atomic E-state index is 0. The molecular formula is C13H16Cl2N4O. The third kappa shape index (κ3) is 3.56. The maximum Gasteiger partial charge on any atom is 0.271 e. The first kappa shape index (κ1) is 16.6. The molecule has 1 fully saturated rings. The van der Waals surface area contributed by atoms with E-state index < -0.39 is 0 Å². The van der Waals surface area contributed by atoms with Gasteiger partial charge in [0.15, 0.2) is 0 Å². The quantitative estimate of drug-likeness (QED) is 0.899. The minimum Gasteiger partial charge on any atom is -0.350 e. The van der Waals surface area contributed by atoms with Gasteiger partial charge in [0.2, 0.25) is 0 Å². The Morgan fingerprint density at radius 2 is 1.95 bits per heavy atom. The number of hydrogen-bond acceptors (Lipinski definition) is 4. The molecule has 0 unspecified atom stereocenters. The number of rotatable bonds is 3. The van der Waals surface area contributed by atoms with Crippen LogP contribution in [0.4, 0.5) is 0 Å². The number of carbonyl (C=O) groups is 1. The summed E-state index contributed by atoms with van der Waals surface area (Å²) in [5, 5.41) is 6.05. The summed E-state index contributed by atoms with van der Waals surface area (Å²) in [4.78, 5) is 20.4. The molecule has 3 rings (SSSR count). The number of para-hydroxylation sites is 2. The van der Waals surface area contributed by atoms with E-state index in [4.69, 9.17) is 0 Å². The number of aromatic nitrogens is 2. The lowest BCUT2D eigenvalue weighted by atomic mass is 10.0. The van der Waals surface area contributed by atoms with Gasteiger partial charge in [0.1, 0.15) is 5.69 Å². The van der Waals surface area contributed by atoms with Crippen LogP contribution in [0.1, 0.15) is 10.5 Å². The van der Waals surface area contributed by atoms with E-state index in [9.17, 15) is 4.79 Å². The predicted molar refractivity (Wildman–Crippen MR) is 82.7 cm³/mol. The van der Waals surface area contributed by atoms with E-state index in [2.05, 4.69) is 20.6 Å². The first-order valence-corrected chi connectivity index (χ1v) is 6.03. The summed E-state index contributed by atoms with van der Waals surface area (Å²) in [6, 6.07) is 7.53. The Hall–Kier alpha value is -1.43. The zero-order chi connectivity index (χ0) is 12.4. The number of halogens is 2. The molecule has 0 aliphatic carbocycles. The van der Waals surface area contributed by atoms with Gasteiger partial charge in [-0.25, -0.2) is 4.98 Å². The zero-order valence-electron chi connectivity index (χ0n) is 10.7. The molecule has 1 aliphatic rings. The van der Waals surface area contributed by atoms with Crippen LogP contribution in [0, 0.1) is 5.92 Å². The Kier molecular flexibility index (Phi) is 6.13. The van der Waals surface area contributed by atoms with E-state index in [-0.39, 0.29) is 30.7 Å². The van der Waals surface area contributed by atoms with E-state index in [1.54, 1.807) is 0 Å². The molecular weight excluding hydrogens is 299 g/mol. The molecule has 0 spiro atoms. The first-order chi connectivity index (χ1) is 8.83. The van der Waals surface area contributed by atoms with Crippen molar-refractivity contribution in [2.24, 2.45) is 5.92 Å². The lowest BCUT2D eigenvalue weighted by Crippen LogP contribution is -2.48. The lowest BCUT2D eigenvalue weighted by molar-refractivity contribution is 0.0937. The number of hydrogen-bond donors (Lipinski definition) is 2. The molecule has 1 saturated heterocycles. The fraction of sp³-hybridized carbons (Fsp3) is 0.308. The zero-order valence-corrected chi connectivity index (χ0v) is 12.3. The van der Waals surface area contributed by atoms with Gasteiger partial charge in [0.25, 0.3) is 5.91 Å². The van der Waals surface area contributed by atoms with Gasteiger partial charge in [-0.15, -0.1) is 24.8 Å². The highest BCUT2D eigenvalue weighted by Crippen LogP contribution is 2.08. The minimum atomic E-state index is -0.153. The van der Waals surface area contributed by atoms with Crippen LogP contribution in [0.5, 0.6) is 0 Å². The lowest BCUT2D eigenvalue weighted by Gasteiger charge is -2.26. The highest BCUT2D eigenvalue weighted by atomic mass is 35.5. The molecule has 2 N–H and O–H groups in total. The van der Waals surface area contributed by atoms with Crippen LogP contribution < -0.4 is 10.6 Å². The van der Waals surface area contributed by atoms with Gasteiger partial charge < -0.3 is 10.6 Å². The molecule has 1 aliphatic heterocycles. The van der Waals surface area contributed by atoms with Gasteiger partial charge in [0.05, 0.1) is 17.2 Å². The summed E-state index contributed by atoms with van der Waals surface area (Å²) in [5.41, 5.74) is 1.92. The Morgan fingerprint density at radius 1 is 1.25 bits per heavy atom. The maximum atomic E-state index is 11.9. The highest BCUT2D eigenvalue weighted by Gasteiger charge is 2.18. The first-order valence-electron chi connectivity index (χ1n) is 6.03. The SMILES string of the molecule is Cl.Cl.O=C(NCC1CNC1)c1cnc2ccccc2n1. The van der Waals surface area contributed by atoms with Crippen LogP contribution in [0.3, 0.4) is 0 Å². The van der Waals surface area contributed by atoms with Crippen LogP contribution in [0.2, 0.25) is 0 Å². The summed E-state index contributed by atoms with van der Waals surface area (Å²) in [7, 11) is 0. The number of carbonyl (C=O) groups excluding carboxylic acids is 1. The molecule has 1 aromatic carbocycles. The van der Waals surface area contributed by atoms with Crippen molar-refractivity contribution in [1.82, 2.24) is 20.6 Å². The van der Waals surface area contributed by atoms with E-state index >= 15 is 0 Å². The molecule has 0 atom stereocenters. The molecule has 5 nitrogen and oxygen atoms in total. The fourth-order valence-corrected chi connectivity index (χ4v) is 1.89. The Morgan fingerprint density at radius 3 is 2.60 bits per heavy atom. The summed E-state index contributed by atoms with van der Waals surface area (Å²) in [6.45, 7) is 2.65. The summed E-state index contributed by atoms with van der Waals surface area (Å²) in [5.74, 6) is 0.391. The third-order valence-electron chi connectivity index (χ3n) is 3.10. The average Bonchev–Trinajstić information content (AvgIpc) is 2.36. The molecule has 1 aromatic heterocycles. The van der Waals surface area contributed by atoms with E-state index in [1.807, 2.05) is 24.3 Å². The van der Waals surface area contributed by atoms with E-state index in [0.717, 1.165) is 24.1 Å². The van der Waals surface area contributed by atoms with Gasteiger partial charge in [-0.3, -0.25) is 9.78 Å². The van der Waals surface area contributed by atoms with Crippen molar-refractivity contribution in [3.63, 3.8) is 0 Å². The van der Waals surface area contributed by atoms with Gasteiger partial charge in [-0.05, 0) is 12.1 Å². The van der Waals surface area contributed by atoms with Gasteiger partial charge >= 0.3 is 0 Å². The number of benzene rings is 1. The van der Waals surface area contributed by atoms with Crippen molar-refractivity contribution >= 4 is 41.8 Å². The van der Waals surface area contributed by atoms with Crippen LogP contribution in [-0.2, 0) is 0 Å². The second-order valence-corrected chi connectivity index (χ2v) is 4.48. The van der Waals surface area contributed by atoms with Crippen LogP contribution in [0.25, 0.3) is 11.0 Å². The van der Waals surface area contributed by atoms with Crippen LogP contribution in [0.15, 0.2) is 30.5 Å². The molecule has 2 heterocycles. The second kappa shape index (κ2) is 7.38. The van der Waals surface area contributed by atoms with Crippen molar-refractivity contribution in [1.29, 1.82) is 0 Å². The van der Waals surface area contributed by atoms with E-state index in [0.29, 0.717) is 18.2 Å². The standard InChI is InChI=1S/C13H14N4O.2ClH/c18-13(16-7-9-5-14-6-9)12-8-15-10-3-1-2-4-11(10)17-12;;/h1-4,8-9,14H,5-7H2,(H,16,18);2*1H. The molecule has 20 heavy (non-hydrogen) atoms. The van der Waals surface area contributed by atoms with Crippen molar-refractivity contribution < 1.29 is 4.79 Å². The summed E-state index contributed by atoms with van der Waals surface area (Å²) in [6.07, 6.45) is 1.52. The van der Waals surface area contributed by atoms with Gasteiger partial charge in [0, 0.05) is 25.6 Å².